The number of hydrogen-bond acceptors (Lipinski definition) is 5. The fourth-order valence-electron chi connectivity index (χ4n) is 5.88. The molecule has 4 aliphatic rings. The Morgan fingerprint density at radius 1 is 1.19 bits per heavy atom. The molecule has 1 aromatic rings. The lowest BCUT2D eigenvalue weighted by Crippen LogP contribution is -2.59. The summed E-state index contributed by atoms with van der Waals surface area (Å²) in [5.74, 6) is 2.27. The molecule has 0 radical (unpaired) electrons. The lowest BCUT2D eigenvalue weighted by molar-refractivity contribution is -0.385. The summed E-state index contributed by atoms with van der Waals surface area (Å²) in [7, 11) is 1.43. The molecule has 0 heterocycles. The van der Waals surface area contributed by atoms with Gasteiger partial charge in [-0.3, -0.25) is 14.9 Å². The average molecular weight is 374 g/mol. The summed E-state index contributed by atoms with van der Waals surface area (Å²) >= 11 is 0. The highest BCUT2D eigenvalue weighted by atomic mass is 16.6. The van der Waals surface area contributed by atoms with E-state index in [1.165, 1.54) is 38.5 Å². The number of methoxy groups -OCH3 is 1. The quantitative estimate of drug-likeness (QED) is 0.606. The highest BCUT2D eigenvalue weighted by molar-refractivity contribution is 5.99. The van der Waals surface area contributed by atoms with Crippen LogP contribution < -0.4 is 14.8 Å². The number of carbonyl (C=O) groups excluding carboxylic acids is 1. The third kappa shape index (κ3) is 3.24. The van der Waals surface area contributed by atoms with Crippen molar-refractivity contribution in [2.45, 2.75) is 51.0 Å². The van der Waals surface area contributed by atoms with Crippen LogP contribution in [-0.4, -0.2) is 30.1 Å². The predicted octanol–water partition coefficient (Wildman–Crippen LogP) is 3.70. The SMILES string of the molecule is CCOc1cc(C(=O)NC23CC4CC(CC(C4)C2)C3)c([N+](=O)[O-])cc1OC. The molecule has 0 aliphatic heterocycles. The van der Waals surface area contributed by atoms with Gasteiger partial charge in [0.05, 0.1) is 24.7 Å². The molecular formula is C20H26N2O5. The average Bonchev–Trinajstić information content (AvgIpc) is 2.59. The smallest absolute Gasteiger partial charge is 0.286 e. The van der Waals surface area contributed by atoms with Crippen molar-refractivity contribution in [1.29, 1.82) is 0 Å². The second-order valence-corrected chi connectivity index (χ2v) is 8.36. The maximum Gasteiger partial charge on any atom is 0.286 e. The van der Waals surface area contributed by atoms with Crippen LogP contribution in [0.3, 0.4) is 0 Å². The fraction of sp³-hybridized carbons (Fsp3) is 0.650. The van der Waals surface area contributed by atoms with Crippen molar-refractivity contribution < 1.29 is 19.2 Å². The number of nitro groups is 1. The zero-order valence-electron chi connectivity index (χ0n) is 15.8. The van der Waals surface area contributed by atoms with Gasteiger partial charge >= 0.3 is 0 Å². The lowest BCUT2D eigenvalue weighted by Gasteiger charge is -2.56. The summed E-state index contributed by atoms with van der Waals surface area (Å²) in [4.78, 5) is 24.1. The first-order valence-electron chi connectivity index (χ1n) is 9.74. The van der Waals surface area contributed by atoms with E-state index in [9.17, 15) is 14.9 Å². The number of ether oxygens (including phenoxy) is 2. The van der Waals surface area contributed by atoms with E-state index in [0.29, 0.717) is 30.1 Å². The van der Waals surface area contributed by atoms with Gasteiger partial charge in [0.25, 0.3) is 11.6 Å². The Hall–Kier alpha value is -2.31. The first kappa shape index (κ1) is 18.1. The van der Waals surface area contributed by atoms with Crippen LogP contribution in [0, 0.1) is 27.9 Å². The van der Waals surface area contributed by atoms with Gasteiger partial charge in [0.1, 0.15) is 5.56 Å². The molecule has 5 rings (SSSR count). The third-order valence-corrected chi connectivity index (χ3v) is 6.44. The van der Waals surface area contributed by atoms with Crippen LogP contribution >= 0.6 is 0 Å². The molecule has 27 heavy (non-hydrogen) atoms. The van der Waals surface area contributed by atoms with Crippen molar-refractivity contribution in [3.63, 3.8) is 0 Å². The molecule has 7 heteroatoms. The Bertz CT molecular complexity index is 741. The summed E-state index contributed by atoms with van der Waals surface area (Å²) in [6, 6.07) is 2.72. The summed E-state index contributed by atoms with van der Waals surface area (Å²) < 4.78 is 10.7. The van der Waals surface area contributed by atoms with Crippen LogP contribution in [0.25, 0.3) is 0 Å². The van der Waals surface area contributed by atoms with Gasteiger partial charge in [-0.05, 0) is 63.2 Å². The molecule has 146 valence electrons. The minimum Gasteiger partial charge on any atom is -0.493 e. The first-order valence-corrected chi connectivity index (χ1v) is 9.74. The normalized spacial score (nSPS) is 30.8. The predicted molar refractivity (Wildman–Crippen MR) is 99.2 cm³/mol. The summed E-state index contributed by atoms with van der Waals surface area (Å²) in [6.07, 6.45) is 6.79. The van der Waals surface area contributed by atoms with E-state index in [-0.39, 0.29) is 28.4 Å². The van der Waals surface area contributed by atoms with Crippen LogP contribution in [-0.2, 0) is 0 Å². The van der Waals surface area contributed by atoms with Gasteiger partial charge in [-0.25, -0.2) is 0 Å². The van der Waals surface area contributed by atoms with E-state index >= 15 is 0 Å². The van der Waals surface area contributed by atoms with E-state index in [4.69, 9.17) is 9.47 Å². The van der Waals surface area contributed by atoms with E-state index in [1.54, 1.807) is 0 Å². The number of benzene rings is 1. The molecule has 1 aromatic carbocycles. The largest absolute Gasteiger partial charge is 0.493 e. The molecular weight excluding hydrogens is 348 g/mol. The minimum atomic E-state index is -0.535. The Kier molecular flexibility index (Phi) is 4.48. The van der Waals surface area contributed by atoms with Crippen molar-refractivity contribution in [2.24, 2.45) is 17.8 Å². The summed E-state index contributed by atoms with van der Waals surface area (Å²) in [5, 5.41) is 14.8. The molecule has 1 N–H and O–H groups in total. The van der Waals surface area contributed by atoms with Crippen molar-refractivity contribution >= 4 is 11.6 Å². The van der Waals surface area contributed by atoms with Crippen LogP contribution in [0.5, 0.6) is 11.5 Å². The van der Waals surface area contributed by atoms with Crippen molar-refractivity contribution in [3.8, 4) is 11.5 Å². The highest BCUT2D eigenvalue weighted by Crippen LogP contribution is 2.55. The Morgan fingerprint density at radius 2 is 1.78 bits per heavy atom. The van der Waals surface area contributed by atoms with Crippen LogP contribution in [0.1, 0.15) is 55.8 Å². The number of nitro benzene ring substituents is 1. The fourth-order valence-corrected chi connectivity index (χ4v) is 5.88. The number of nitrogens with zero attached hydrogens (tertiary/aromatic N) is 1. The maximum atomic E-state index is 13.1. The van der Waals surface area contributed by atoms with Gasteiger partial charge in [-0.15, -0.1) is 0 Å². The molecule has 0 saturated heterocycles. The molecule has 4 saturated carbocycles. The summed E-state index contributed by atoms with van der Waals surface area (Å²) in [6.45, 7) is 2.19. The van der Waals surface area contributed by atoms with Gasteiger partial charge in [0.15, 0.2) is 11.5 Å². The molecule has 0 aromatic heterocycles. The monoisotopic (exact) mass is 374 g/mol. The third-order valence-electron chi connectivity index (χ3n) is 6.44. The topological polar surface area (TPSA) is 90.7 Å². The van der Waals surface area contributed by atoms with E-state index in [1.807, 2.05) is 6.92 Å². The second-order valence-electron chi connectivity index (χ2n) is 8.36. The molecule has 0 atom stereocenters. The number of rotatable bonds is 6. The second kappa shape index (κ2) is 6.69. The first-order chi connectivity index (χ1) is 12.9. The molecule has 4 aliphatic carbocycles. The highest BCUT2D eigenvalue weighted by Gasteiger charge is 2.51. The zero-order chi connectivity index (χ0) is 19.2. The molecule has 4 fully saturated rings. The maximum absolute atomic E-state index is 13.1. The number of amides is 1. The van der Waals surface area contributed by atoms with Gasteiger partial charge in [0.2, 0.25) is 0 Å². The van der Waals surface area contributed by atoms with Crippen molar-refractivity contribution in [2.75, 3.05) is 13.7 Å². The van der Waals surface area contributed by atoms with Crippen molar-refractivity contribution in [1.82, 2.24) is 5.32 Å². The van der Waals surface area contributed by atoms with Crippen LogP contribution in [0.2, 0.25) is 0 Å². The Balaban J connectivity index is 1.65. The number of nitrogens with one attached hydrogen (secondary N) is 1. The number of hydrogen-bond donors (Lipinski definition) is 1. The Labute approximate surface area is 158 Å². The molecule has 0 unspecified atom stereocenters. The molecule has 7 nitrogen and oxygen atoms in total. The van der Waals surface area contributed by atoms with Gasteiger partial charge in [-0.2, -0.15) is 0 Å². The van der Waals surface area contributed by atoms with Crippen LogP contribution in [0.4, 0.5) is 5.69 Å². The standard InChI is InChI=1S/C20H26N2O5/c1-3-27-18-7-15(16(22(24)25)8-17(18)26-2)19(23)21-20-9-12-4-13(10-20)6-14(5-12)11-20/h7-8,12-14H,3-6,9-11H2,1-2H3,(H,21,23). The van der Waals surface area contributed by atoms with Crippen LogP contribution in [0.15, 0.2) is 12.1 Å². The molecule has 0 spiro atoms. The summed E-state index contributed by atoms with van der Waals surface area (Å²) in [5.41, 5.74) is -0.414. The van der Waals surface area contributed by atoms with Gasteiger partial charge < -0.3 is 14.8 Å². The Morgan fingerprint density at radius 3 is 2.26 bits per heavy atom. The van der Waals surface area contributed by atoms with Gasteiger partial charge in [-0.1, -0.05) is 0 Å². The zero-order valence-corrected chi connectivity index (χ0v) is 15.8. The van der Waals surface area contributed by atoms with Gasteiger partial charge in [0, 0.05) is 11.6 Å². The van der Waals surface area contributed by atoms with E-state index in [0.717, 1.165) is 19.3 Å². The molecule has 1 amide bonds. The minimum absolute atomic E-state index is 0.0417. The van der Waals surface area contributed by atoms with Crippen molar-refractivity contribution in [3.05, 3.63) is 27.8 Å². The van der Waals surface area contributed by atoms with E-state index < -0.39 is 4.92 Å². The van der Waals surface area contributed by atoms with E-state index in [2.05, 4.69) is 5.32 Å². The molecule has 4 bridgehead atoms. The lowest BCUT2D eigenvalue weighted by atomic mass is 9.53. The number of carbonyl (C=O) groups is 1.